The number of methoxy groups -OCH3 is 1. The molecule has 0 aliphatic heterocycles. The summed E-state index contributed by atoms with van der Waals surface area (Å²) < 4.78 is 4.71. The molecule has 6 heteroatoms. The van der Waals surface area contributed by atoms with Crippen LogP contribution in [0.25, 0.3) is 0 Å². The number of nitrogens with two attached hydrogens (primary N) is 1. The van der Waals surface area contributed by atoms with Gasteiger partial charge < -0.3 is 15.8 Å². The van der Waals surface area contributed by atoms with Crippen molar-refractivity contribution in [2.45, 2.75) is 25.8 Å². The highest BCUT2D eigenvalue weighted by Crippen LogP contribution is 2.39. The zero-order chi connectivity index (χ0) is 13.3. The first-order valence-electron chi connectivity index (χ1n) is 5.75. The molecule has 1 atom stereocenters. The van der Waals surface area contributed by atoms with Crippen LogP contribution in [0.2, 0.25) is 0 Å². The summed E-state index contributed by atoms with van der Waals surface area (Å²) in [6.07, 6.45) is 2.40. The smallest absolute Gasteiger partial charge is 0.343 e. The number of nitrogens with one attached hydrogen (secondary N) is 1. The minimum absolute atomic E-state index is 0.208. The van der Waals surface area contributed by atoms with Crippen molar-refractivity contribution in [2.75, 3.05) is 18.2 Å². The molecule has 1 aromatic rings. The summed E-state index contributed by atoms with van der Waals surface area (Å²) in [4.78, 5) is 12.1. The molecule has 0 aromatic carbocycles. The van der Waals surface area contributed by atoms with Crippen molar-refractivity contribution in [3.63, 3.8) is 0 Å². The van der Waals surface area contributed by atoms with Crippen LogP contribution in [0, 0.1) is 17.2 Å². The molecule has 1 saturated carbocycles. The number of hydrogen-bond acceptors (Lipinski definition) is 6. The summed E-state index contributed by atoms with van der Waals surface area (Å²) in [6, 6.07) is 2.27. The predicted octanol–water partition coefficient (Wildman–Crippen LogP) is 2.20. The Hall–Kier alpha value is -1.74. The third kappa shape index (κ3) is 2.27. The number of anilines is 2. The average molecular weight is 265 g/mol. The van der Waals surface area contributed by atoms with Crippen LogP contribution >= 0.6 is 11.3 Å². The molecule has 1 fully saturated rings. The number of nitrogen functional groups attached to an aromatic ring is 1. The van der Waals surface area contributed by atoms with E-state index < -0.39 is 5.97 Å². The van der Waals surface area contributed by atoms with E-state index in [-0.39, 0.29) is 17.3 Å². The van der Waals surface area contributed by atoms with E-state index >= 15 is 0 Å². The number of thiophene rings is 1. The van der Waals surface area contributed by atoms with Crippen LogP contribution in [0.4, 0.5) is 10.7 Å². The first kappa shape index (κ1) is 12.7. The van der Waals surface area contributed by atoms with Crippen LogP contribution in [0.5, 0.6) is 0 Å². The number of nitriles is 1. The standard InChI is InChI=1S/C12H15N3O2S/c1-6(7-3-4-7)15-11-9(12(16)17-2)10(14)8(5-13)18-11/h6-7,15H,3-4,14H2,1-2H3. The van der Waals surface area contributed by atoms with Gasteiger partial charge >= 0.3 is 5.97 Å². The summed E-state index contributed by atoms with van der Waals surface area (Å²) in [5.41, 5.74) is 6.30. The number of hydrogen-bond donors (Lipinski definition) is 2. The number of esters is 1. The lowest BCUT2D eigenvalue weighted by molar-refractivity contribution is 0.0603. The lowest BCUT2D eigenvalue weighted by atomic mass is 10.2. The van der Waals surface area contributed by atoms with Gasteiger partial charge in [0.1, 0.15) is 21.5 Å². The van der Waals surface area contributed by atoms with Crippen molar-refractivity contribution in [1.29, 1.82) is 5.26 Å². The number of carbonyl (C=O) groups excluding carboxylic acids is 1. The molecule has 1 unspecified atom stereocenters. The third-order valence-electron chi connectivity index (χ3n) is 3.12. The fourth-order valence-electron chi connectivity index (χ4n) is 1.85. The lowest BCUT2D eigenvalue weighted by Gasteiger charge is -2.13. The Labute approximate surface area is 110 Å². The second kappa shape index (κ2) is 4.86. The second-order valence-electron chi connectivity index (χ2n) is 4.42. The van der Waals surface area contributed by atoms with Gasteiger partial charge in [-0.15, -0.1) is 11.3 Å². The van der Waals surface area contributed by atoms with Crippen molar-refractivity contribution in [3.05, 3.63) is 10.4 Å². The first-order chi connectivity index (χ1) is 8.58. The van der Waals surface area contributed by atoms with Gasteiger partial charge in [-0.3, -0.25) is 0 Å². The Morgan fingerprint density at radius 3 is 2.83 bits per heavy atom. The molecule has 2 rings (SSSR count). The Balaban J connectivity index is 2.32. The summed E-state index contributed by atoms with van der Waals surface area (Å²) in [5.74, 6) is 0.139. The number of ether oxygens (including phenoxy) is 1. The van der Waals surface area contributed by atoms with Gasteiger partial charge in [0.05, 0.1) is 12.8 Å². The minimum Gasteiger partial charge on any atom is -0.465 e. The van der Waals surface area contributed by atoms with Crippen LogP contribution in [0.3, 0.4) is 0 Å². The SMILES string of the molecule is COC(=O)c1c(NC(C)C2CC2)sc(C#N)c1N. The number of rotatable bonds is 4. The Bertz CT molecular complexity index is 514. The van der Waals surface area contributed by atoms with Crippen LogP contribution in [-0.2, 0) is 4.74 Å². The number of nitrogens with zero attached hydrogens (tertiary/aromatic N) is 1. The quantitative estimate of drug-likeness (QED) is 0.815. The minimum atomic E-state index is -0.504. The molecule has 1 aliphatic carbocycles. The molecule has 0 saturated heterocycles. The molecular formula is C12H15N3O2S. The van der Waals surface area contributed by atoms with Gasteiger partial charge in [-0.2, -0.15) is 5.26 Å². The van der Waals surface area contributed by atoms with Crippen molar-refractivity contribution >= 4 is 28.0 Å². The molecule has 1 aromatic heterocycles. The van der Waals surface area contributed by atoms with Crippen molar-refractivity contribution in [1.82, 2.24) is 0 Å². The molecule has 0 spiro atoms. The third-order valence-corrected chi connectivity index (χ3v) is 4.17. The van der Waals surface area contributed by atoms with Gasteiger partial charge in [0, 0.05) is 6.04 Å². The van der Waals surface area contributed by atoms with Crippen molar-refractivity contribution in [3.8, 4) is 6.07 Å². The topological polar surface area (TPSA) is 88.1 Å². The largest absolute Gasteiger partial charge is 0.465 e. The Morgan fingerprint density at radius 1 is 1.67 bits per heavy atom. The molecule has 0 bridgehead atoms. The molecule has 1 aliphatic rings. The first-order valence-corrected chi connectivity index (χ1v) is 6.57. The highest BCUT2D eigenvalue weighted by molar-refractivity contribution is 7.17. The Kier molecular flexibility index (Phi) is 3.43. The highest BCUT2D eigenvalue weighted by atomic mass is 32.1. The summed E-state index contributed by atoms with van der Waals surface area (Å²) in [7, 11) is 1.31. The van der Waals surface area contributed by atoms with Crippen LogP contribution < -0.4 is 11.1 Å². The highest BCUT2D eigenvalue weighted by Gasteiger charge is 2.30. The van der Waals surface area contributed by atoms with Gasteiger partial charge in [0.2, 0.25) is 0 Å². The predicted molar refractivity (Wildman–Crippen MR) is 70.6 cm³/mol. The molecule has 5 nitrogen and oxygen atoms in total. The maximum Gasteiger partial charge on any atom is 0.343 e. The van der Waals surface area contributed by atoms with Gasteiger partial charge in [-0.05, 0) is 25.7 Å². The second-order valence-corrected chi connectivity index (χ2v) is 5.44. The van der Waals surface area contributed by atoms with E-state index in [1.807, 2.05) is 6.07 Å². The number of carbonyl (C=O) groups is 1. The zero-order valence-corrected chi connectivity index (χ0v) is 11.1. The molecular weight excluding hydrogens is 250 g/mol. The van der Waals surface area contributed by atoms with E-state index in [0.717, 1.165) is 0 Å². The molecule has 3 N–H and O–H groups in total. The lowest BCUT2D eigenvalue weighted by Crippen LogP contribution is -2.18. The van der Waals surface area contributed by atoms with Gasteiger partial charge in [-0.25, -0.2) is 4.79 Å². The summed E-state index contributed by atoms with van der Waals surface area (Å²) in [6.45, 7) is 2.07. The monoisotopic (exact) mass is 265 g/mol. The zero-order valence-electron chi connectivity index (χ0n) is 10.3. The van der Waals surface area contributed by atoms with E-state index in [9.17, 15) is 4.79 Å². The van der Waals surface area contributed by atoms with Gasteiger partial charge in [0.25, 0.3) is 0 Å². The van der Waals surface area contributed by atoms with Crippen molar-refractivity contribution in [2.24, 2.45) is 5.92 Å². The fraction of sp³-hybridized carbons (Fsp3) is 0.500. The molecule has 0 amide bonds. The van der Waals surface area contributed by atoms with Gasteiger partial charge in [0.15, 0.2) is 0 Å². The van der Waals surface area contributed by atoms with E-state index in [1.165, 1.54) is 31.3 Å². The van der Waals surface area contributed by atoms with E-state index in [4.69, 9.17) is 15.7 Å². The Morgan fingerprint density at radius 2 is 2.33 bits per heavy atom. The maximum absolute atomic E-state index is 11.7. The van der Waals surface area contributed by atoms with Crippen LogP contribution in [0.1, 0.15) is 35.0 Å². The average Bonchev–Trinajstić information content (AvgIpc) is 3.15. The molecule has 18 heavy (non-hydrogen) atoms. The van der Waals surface area contributed by atoms with E-state index in [0.29, 0.717) is 15.8 Å². The maximum atomic E-state index is 11.7. The molecule has 0 radical (unpaired) electrons. The molecule has 96 valence electrons. The van der Waals surface area contributed by atoms with Crippen LogP contribution in [-0.4, -0.2) is 19.1 Å². The molecule has 1 heterocycles. The van der Waals surface area contributed by atoms with E-state index in [2.05, 4.69) is 12.2 Å². The summed E-state index contributed by atoms with van der Waals surface area (Å²) >= 11 is 1.21. The van der Waals surface area contributed by atoms with Gasteiger partial charge in [-0.1, -0.05) is 0 Å². The van der Waals surface area contributed by atoms with Crippen molar-refractivity contribution < 1.29 is 9.53 Å². The van der Waals surface area contributed by atoms with Crippen LogP contribution in [0.15, 0.2) is 0 Å². The van der Waals surface area contributed by atoms with E-state index in [1.54, 1.807) is 0 Å². The fourth-order valence-corrected chi connectivity index (χ4v) is 2.86. The normalized spacial score (nSPS) is 15.8. The summed E-state index contributed by atoms with van der Waals surface area (Å²) in [5, 5.41) is 12.9.